The molecule has 1 N–H and O–H groups in total. The molecule has 0 saturated heterocycles. The molecule has 1 aromatic heterocycles. The van der Waals surface area contributed by atoms with Crippen LogP contribution in [0.25, 0.3) is 0 Å². The summed E-state index contributed by atoms with van der Waals surface area (Å²) in [6.45, 7) is 4.24. The zero-order valence-electron chi connectivity index (χ0n) is 9.77. The molecule has 0 spiro atoms. The molecule has 16 heavy (non-hydrogen) atoms. The molecular weight excluding hydrogens is 226 g/mol. The first-order valence-electron chi connectivity index (χ1n) is 5.05. The lowest BCUT2D eigenvalue weighted by Crippen LogP contribution is -2.32. The third kappa shape index (κ3) is 5.18. The first-order valence-corrected chi connectivity index (χ1v) is 7.11. The molecule has 0 saturated carbocycles. The van der Waals surface area contributed by atoms with Crippen LogP contribution in [0.1, 0.15) is 18.3 Å². The highest BCUT2D eigenvalue weighted by Crippen LogP contribution is 1.96. The number of nitrogens with zero attached hydrogens (tertiary/aromatic N) is 2. The zero-order chi connectivity index (χ0) is 12.2. The average molecular weight is 243 g/mol. The van der Waals surface area contributed by atoms with Gasteiger partial charge in [-0.25, -0.2) is 8.42 Å². The van der Waals surface area contributed by atoms with Gasteiger partial charge in [0.2, 0.25) is 0 Å². The Morgan fingerprint density at radius 1 is 1.38 bits per heavy atom. The molecule has 0 aromatic carbocycles. The van der Waals surface area contributed by atoms with Gasteiger partial charge in [0.1, 0.15) is 9.84 Å². The molecule has 0 bridgehead atoms. The van der Waals surface area contributed by atoms with Gasteiger partial charge in [-0.3, -0.25) is 9.97 Å². The first kappa shape index (κ1) is 13.1. The highest BCUT2D eigenvalue weighted by Gasteiger charge is 2.09. The Bertz CT molecular complexity index is 428. The second-order valence-electron chi connectivity index (χ2n) is 4.02. The summed E-state index contributed by atoms with van der Waals surface area (Å²) < 4.78 is 22.1. The summed E-state index contributed by atoms with van der Waals surface area (Å²) in [5.74, 6) is 0.131. The molecule has 1 rings (SSSR count). The number of rotatable bonds is 5. The first-order chi connectivity index (χ1) is 7.37. The summed E-state index contributed by atoms with van der Waals surface area (Å²) in [4.78, 5) is 8.28. The summed E-state index contributed by atoms with van der Waals surface area (Å²) in [5.41, 5.74) is 1.68. The quantitative estimate of drug-likeness (QED) is 0.805. The van der Waals surface area contributed by atoms with Crippen LogP contribution in [0.4, 0.5) is 0 Å². The van der Waals surface area contributed by atoms with E-state index < -0.39 is 9.84 Å². The number of nitrogens with one attached hydrogen (secondary N) is 1. The van der Waals surface area contributed by atoms with Crippen LogP contribution in [0.15, 0.2) is 12.4 Å². The summed E-state index contributed by atoms with van der Waals surface area (Å²) >= 11 is 0. The highest BCUT2D eigenvalue weighted by molar-refractivity contribution is 7.90. The van der Waals surface area contributed by atoms with Gasteiger partial charge >= 0.3 is 0 Å². The standard InChI is InChI=1S/C10H17N3O2S/c1-8-4-13-10(5-11-8)6-12-9(2)7-16(3,14)15/h4-5,9,12H,6-7H2,1-3H3. The van der Waals surface area contributed by atoms with E-state index in [1.54, 1.807) is 12.4 Å². The zero-order valence-corrected chi connectivity index (χ0v) is 10.6. The average Bonchev–Trinajstić information content (AvgIpc) is 2.14. The van der Waals surface area contributed by atoms with E-state index in [0.717, 1.165) is 11.4 Å². The van der Waals surface area contributed by atoms with Crippen molar-refractivity contribution in [1.29, 1.82) is 0 Å². The van der Waals surface area contributed by atoms with Gasteiger partial charge in [0.05, 0.1) is 17.1 Å². The van der Waals surface area contributed by atoms with E-state index >= 15 is 0 Å². The minimum atomic E-state index is -2.93. The normalized spacial score (nSPS) is 13.7. The maximum absolute atomic E-state index is 11.0. The van der Waals surface area contributed by atoms with E-state index in [-0.39, 0.29) is 11.8 Å². The van der Waals surface area contributed by atoms with Crippen molar-refractivity contribution in [2.24, 2.45) is 0 Å². The van der Waals surface area contributed by atoms with Crippen molar-refractivity contribution < 1.29 is 8.42 Å². The van der Waals surface area contributed by atoms with Crippen molar-refractivity contribution in [2.45, 2.75) is 26.4 Å². The van der Waals surface area contributed by atoms with E-state index in [2.05, 4.69) is 15.3 Å². The number of aryl methyl sites for hydroxylation is 1. The second kappa shape index (κ2) is 5.36. The number of sulfone groups is 1. The van der Waals surface area contributed by atoms with E-state index in [0.29, 0.717) is 6.54 Å². The van der Waals surface area contributed by atoms with Crippen LogP contribution in [0.5, 0.6) is 0 Å². The van der Waals surface area contributed by atoms with Crippen LogP contribution in [-0.4, -0.2) is 36.4 Å². The molecule has 1 heterocycles. The maximum Gasteiger partial charge on any atom is 0.148 e. The van der Waals surface area contributed by atoms with Gasteiger partial charge in [-0.15, -0.1) is 0 Å². The SMILES string of the molecule is Cc1cnc(CNC(C)CS(C)(=O)=O)cn1. The largest absolute Gasteiger partial charge is 0.308 e. The summed E-state index contributed by atoms with van der Waals surface area (Å²) in [6, 6.07) is -0.0851. The third-order valence-electron chi connectivity index (χ3n) is 2.02. The number of hydrogen-bond donors (Lipinski definition) is 1. The van der Waals surface area contributed by atoms with Crippen LogP contribution in [0.2, 0.25) is 0 Å². The maximum atomic E-state index is 11.0. The molecule has 1 aromatic rings. The molecule has 0 amide bonds. The van der Waals surface area contributed by atoms with Crippen molar-refractivity contribution in [3.8, 4) is 0 Å². The van der Waals surface area contributed by atoms with Gasteiger partial charge in [0.25, 0.3) is 0 Å². The van der Waals surface area contributed by atoms with Crippen molar-refractivity contribution in [3.63, 3.8) is 0 Å². The monoisotopic (exact) mass is 243 g/mol. The molecule has 1 atom stereocenters. The summed E-state index contributed by atoms with van der Waals surface area (Å²) in [5, 5.41) is 3.09. The summed E-state index contributed by atoms with van der Waals surface area (Å²) in [6.07, 6.45) is 4.62. The molecule has 0 aliphatic heterocycles. The van der Waals surface area contributed by atoms with E-state index in [4.69, 9.17) is 0 Å². The molecule has 0 radical (unpaired) electrons. The molecule has 5 nitrogen and oxygen atoms in total. The fourth-order valence-corrected chi connectivity index (χ4v) is 2.33. The van der Waals surface area contributed by atoms with Gasteiger partial charge in [0, 0.05) is 31.2 Å². The lowest BCUT2D eigenvalue weighted by Gasteiger charge is -2.11. The smallest absolute Gasteiger partial charge is 0.148 e. The molecular formula is C10H17N3O2S. The highest BCUT2D eigenvalue weighted by atomic mass is 32.2. The topological polar surface area (TPSA) is 72.0 Å². The van der Waals surface area contributed by atoms with Crippen molar-refractivity contribution >= 4 is 9.84 Å². The third-order valence-corrected chi connectivity index (χ3v) is 3.12. The molecule has 0 fully saturated rings. The minimum absolute atomic E-state index is 0.0851. The molecule has 1 unspecified atom stereocenters. The van der Waals surface area contributed by atoms with Crippen LogP contribution in [0.3, 0.4) is 0 Å². The van der Waals surface area contributed by atoms with Crippen LogP contribution in [0, 0.1) is 6.92 Å². The van der Waals surface area contributed by atoms with Gasteiger partial charge in [0.15, 0.2) is 0 Å². The van der Waals surface area contributed by atoms with Gasteiger partial charge in [-0.2, -0.15) is 0 Å². The van der Waals surface area contributed by atoms with Crippen molar-refractivity contribution in [3.05, 3.63) is 23.8 Å². The van der Waals surface area contributed by atoms with Gasteiger partial charge in [-0.1, -0.05) is 0 Å². The second-order valence-corrected chi connectivity index (χ2v) is 6.21. The Labute approximate surface area is 96.2 Å². The van der Waals surface area contributed by atoms with E-state index in [9.17, 15) is 8.42 Å². The predicted octanol–water partition coefficient (Wildman–Crippen LogP) is 0.308. The minimum Gasteiger partial charge on any atom is -0.308 e. The number of aromatic nitrogens is 2. The van der Waals surface area contributed by atoms with Gasteiger partial charge in [-0.05, 0) is 13.8 Å². The lowest BCUT2D eigenvalue weighted by atomic mass is 10.3. The molecule has 0 aliphatic rings. The van der Waals surface area contributed by atoms with Gasteiger partial charge < -0.3 is 5.32 Å². The van der Waals surface area contributed by atoms with Crippen molar-refractivity contribution in [2.75, 3.05) is 12.0 Å². The fraction of sp³-hybridized carbons (Fsp3) is 0.600. The lowest BCUT2D eigenvalue weighted by molar-refractivity contribution is 0.555. The van der Waals surface area contributed by atoms with Crippen LogP contribution >= 0.6 is 0 Å². The van der Waals surface area contributed by atoms with Crippen molar-refractivity contribution in [1.82, 2.24) is 15.3 Å². The molecule has 6 heteroatoms. The Morgan fingerprint density at radius 2 is 2.06 bits per heavy atom. The fourth-order valence-electron chi connectivity index (χ4n) is 1.30. The van der Waals surface area contributed by atoms with E-state index in [1.807, 2.05) is 13.8 Å². The Morgan fingerprint density at radius 3 is 2.56 bits per heavy atom. The molecule has 0 aliphatic carbocycles. The van der Waals surface area contributed by atoms with Crippen LogP contribution in [-0.2, 0) is 16.4 Å². The van der Waals surface area contributed by atoms with Crippen LogP contribution < -0.4 is 5.32 Å². The molecule has 90 valence electrons. The summed E-state index contributed by atoms with van der Waals surface area (Å²) in [7, 11) is -2.93. The Balaban J connectivity index is 2.43. The Hall–Kier alpha value is -1.01. The Kier molecular flexibility index (Phi) is 4.37. The number of hydrogen-bond acceptors (Lipinski definition) is 5. The van der Waals surface area contributed by atoms with E-state index in [1.165, 1.54) is 6.26 Å². The predicted molar refractivity (Wildman–Crippen MR) is 62.8 cm³/mol.